The van der Waals surface area contributed by atoms with Gasteiger partial charge in [0.15, 0.2) is 18.0 Å². The Bertz CT molecular complexity index is 1520. The van der Waals surface area contributed by atoms with Crippen molar-refractivity contribution < 1.29 is 48.0 Å². The molecule has 14 heteroatoms. The number of aliphatic hydroxyl groups excluding tert-OH is 1. The first-order valence-electron chi connectivity index (χ1n) is 13.3. The summed E-state index contributed by atoms with van der Waals surface area (Å²) >= 11 is 17.5. The Labute approximate surface area is 272 Å². The summed E-state index contributed by atoms with van der Waals surface area (Å²) in [5, 5.41) is 19.1. The van der Waals surface area contributed by atoms with Crippen LogP contribution >= 0.6 is 34.8 Å². The Morgan fingerprint density at radius 1 is 0.689 bits per heavy atom. The molecule has 0 amide bonds. The number of aliphatic hydroxyl groups is 1. The van der Waals surface area contributed by atoms with Crippen molar-refractivity contribution >= 4 is 64.4 Å². The van der Waals surface area contributed by atoms with E-state index in [1.807, 2.05) is 0 Å². The van der Waals surface area contributed by atoms with E-state index in [1.165, 1.54) is 36.4 Å². The maximum absolute atomic E-state index is 13.4. The summed E-state index contributed by atoms with van der Waals surface area (Å²) in [6, 6.07) is 23.0. The highest BCUT2D eigenvalue weighted by molar-refractivity contribution is 6.76. The molecule has 1 saturated heterocycles. The zero-order chi connectivity index (χ0) is 32.7. The lowest BCUT2D eigenvalue weighted by molar-refractivity contribution is -0.287. The minimum absolute atomic E-state index is 0.0560. The highest BCUT2D eigenvalue weighted by Crippen LogP contribution is 2.35. The van der Waals surface area contributed by atoms with Crippen molar-refractivity contribution in [1.29, 1.82) is 5.41 Å². The summed E-state index contributed by atoms with van der Waals surface area (Å²) in [6.45, 7) is 1.04. The van der Waals surface area contributed by atoms with Crippen molar-refractivity contribution in [2.45, 2.75) is 47.5 Å². The molecule has 1 aliphatic rings. The van der Waals surface area contributed by atoms with Gasteiger partial charge in [0.1, 0.15) is 12.2 Å². The molecule has 1 fully saturated rings. The van der Waals surface area contributed by atoms with E-state index in [0.29, 0.717) is 0 Å². The number of Topliss-reactive ketones (excluding diaryl/α,β-unsaturated/α-hetero) is 1. The minimum Gasteiger partial charge on any atom is -0.452 e. The molecule has 4 rings (SSSR count). The van der Waals surface area contributed by atoms with E-state index in [9.17, 15) is 24.3 Å². The van der Waals surface area contributed by atoms with Crippen LogP contribution < -0.4 is 0 Å². The molecule has 1 unspecified atom stereocenters. The van der Waals surface area contributed by atoms with Gasteiger partial charge in [0.25, 0.3) is 3.79 Å². The van der Waals surface area contributed by atoms with Gasteiger partial charge < -0.3 is 28.8 Å². The van der Waals surface area contributed by atoms with Crippen molar-refractivity contribution in [1.82, 2.24) is 0 Å². The number of hydrogen-bond acceptors (Lipinski definition) is 11. The molecular weight excluding hydrogens is 653 g/mol. The fourth-order valence-electron chi connectivity index (χ4n) is 4.29. The average molecular weight is 679 g/mol. The van der Waals surface area contributed by atoms with E-state index in [1.54, 1.807) is 54.6 Å². The third-order valence-corrected chi connectivity index (χ3v) is 7.02. The number of hydrogen-bond donors (Lipinski definition) is 2. The average Bonchev–Trinajstić information content (AvgIpc) is 3.03. The number of nitrogens with one attached hydrogen (secondary N) is 1. The Balaban J connectivity index is 1.84. The van der Waals surface area contributed by atoms with E-state index in [2.05, 4.69) is 0 Å². The monoisotopic (exact) mass is 677 g/mol. The zero-order valence-electron chi connectivity index (χ0n) is 23.4. The molecule has 3 aromatic carbocycles. The summed E-state index contributed by atoms with van der Waals surface area (Å²) in [5.74, 6) is -4.70. The van der Waals surface area contributed by atoms with Crippen LogP contribution in [0.1, 0.15) is 38.0 Å². The van der Waals surface area contributed by atoms with Crippen LogP contribution in [0.5, 0.6) is 0 Å². The molecule has 0 aliphatic carbocycles. The minimum atomic E-state index is -2.43. The predicted octanol–water partition coefficient (Wildman–Crippen LogP) is 4.70. The second-order valence-corrected chi connectivity index (χ2v) is 12.0. The first kappa shape index (κ1) is 33.9. The summed E-state index contributed by atoms with van der Waals surface area (Å²) in [5.41, 5.74) is 0.181. The maximum Gasteiger partial charge on any atom is 0.338 e. The lowest BCUT2D eigenvalue weighted by atomic mass is 9.92. The lowest BCUT2D eigenvalue weighted by Crippen LogP contribution is -2.65. The highest BCUT2D eigenvalue weighted by atomic mass is 35.6. The van der Waals surface area contributed by atoms with E-state index in [0.717, 1.165) is 6.92 Å². The molecule has 0 bridgehead atoms. The number of ether oxygens (including phenoxy) is 5. The zero-order valence-corrected chi connectivity index (χ0v) is 25.6. The molecule has 11 nitrogen and oxygen atoms in total. The van der Waals surface area contributed by atoms with Crippen molar-refractivity contribution in [2.75, 3.05) is 0 Å². The summed E-state index contributed by atoms with van der Waals surface area (Å²) in [6.07, 6.45) is -11.1. The molecule has 2 N–H and O–H groups in total. The van der Waals surface area contributed by atoms with E-state index in [4.69, 9.17) is 63.9 Å². The van der Waals surface area contributed by atoms with Gasteiger partial charge in [0.05, 0.1) is 16.7 Å². The summed E-state index contributed by atoms with van der Waals surface area (Å²) < 4.78 is 26.1. The van der Waals surface area contributed by atoms with E-state index < -0.39 is 70.2 Å². The van der Waals surface area contributed by atoms with Crippen LogP contribution in [0.2, 0.25) is 0 Å². The van der Waals surface area contributed by atoms with Gasteiger partial charge in [-0.2, -0.15) is 0 Å². The topological polar surface area (TPSA) is 159 Å². The predicted molar refractivity (Wildman–Crippen MR) is 161 cm³/mol. The normalized spacial score (nSPS) is 21.9. The number of carbonyl (C=O) groups excluding carboxylic acids is 4. The summed E-state index contributed by atoms with van der Waals surface area (Å²) in [4.78, 5) is 52.4. The summed E-state index contributed by atoms with van der Waals surface area (Å²) in [7, 11) is 0. The van der Waals surface area contributed by atoms with Crippen LogP contribution in [-0.4, -0.2) is 75.3 Å². The van der Waals surface area contributed by atoms with Crippen molar-refractivity contribution in [3.63, 3.8) is 0 Å². The van der Waals surface area contributed by atoms with Crippen LogP contribution in [0, 0.1) is 5.41 Å². The van der Waals surface area contributed by atoms with Crippen molar-refractivity contribution in [3.8, 4) is 0 Å². The standard InChI is InChI=1S/C31H26Cl3NO10/c1-17(36)21(37)22-23(41-26(38)18-11-5-2-6-12-18)24(42-27(39)19-13-7-3-8-14-19)25(29(44-22)45-30(35)31(32,33)34)43-28(40)20-15-9-4-10-16-20/h2-16,21-25,29,35,37H,1H3/t21?,22-,23-,24+,25+,29-/m1/s1. The molecule has 6 atom stereocenters. The smallest absolute Gasteiger partial charge is 0.338 e. The largest absolute Gasteiger partial charge is 0.452 e. The van der Waals surface area contributed by atoms with Crippen LogP contribution in [0.15, 0.2) is 91.0 Å². The van der Waals surface area contributed by atoms with Gasteiger partial charge in [-0.3, -0.25) is 10.2 Å². The Kier molecular flexibility index (Phi) is 11.2. The first-order chi connectivity index (χ1) is 21.4. The highest BCUT2D eigenvalue weighted by Gasteiger charge is 2.57. The molecule has 3 aromatic rings. The van der Waals surface area contributed by atoms with Gasteiger partial charge in [-0.05, 0) is 43.3 Å². The van der Waals surface area contributed by atoms with Crippen LogP contribution in [0.25, 0.3) is 0 Å². The van der Waals surface area contributed by atoms with Gasteiger partial charge in [-0.25, -0.2) is 14.4 Å². The molecule has 236 valence electrons. The Morgan fingerprint density at radius 2 is 1.07 bits per heavy atom. The number of ketones is 1. The van der Waals surface area contributed by atoms with Crippen LogP contribution in [0.4, 0.5) is 0 Å². The second-order valence-electron chi connectivity index (χ2n) is 9.68. The number of halogens is 3. The molecule has 1 aliphatic heterocycles. The van der Waals surface area contributed by atoms with Crippen molar-refractivity contribution in [3.05, 3.63) is 108 Å². The molecule has 0 aromatic heterocycles. The van der Waals surface area contributed by atoms with Gasteiger partial charge in [-0.15, -0.1) is 0 Å². The quantitative estimate of drug-likeness (QED) is 0.107. The Morgan fingerprint density at radius 3 is 1.44 bits per heavy atom. The number of benzene rings is 3. The molecule has 0 spiro atoms. The number of carbonyl (C=O) groups is 4. The SMILES string of the molecule is CC(=O)C(O)[C@H]1O[C@H](OC(=N)C(Cl)(Cl)Cl)[C@@H](OC(=O)c2ccccc2)[C@@H](OC(=O)c2ccccc2)[C@@H]1OC(=O)c1ccccc1. The fourth-order valence-corrected chi connectivity index (χ4v) is 4.42. The molecule has 1 heterocycles. The van der Waals surface area contributed by atoms with E-state index in [-0.39, 0.29) is 16.7 Å². The molecular formula is C31H26Cl3NO10. The second kappa shape index (κ2) is 14.9. The maximum atomic E-state index is 13.4. The lowest BCUT2D eigenvalue weighted by Gasteiger charge is -2.45. The molecule has 45 heavy (non-hydrogen) atoms. The fraction of sp³-hybridized carbons (Fsp3) is 0.258. The van der Waals surface area contributed by atoms with Gasteiger partial charge >= 0.3 is 17.9 Å². The van der Waals surface area contributed by atoms with Crippen LogP contribution in [-0.2, 0) is 28.5 Å². The van der Waals surface area contributed by atoms with Gasteiger partial charge in [0.2, 0.25) is 18.3 Å². The first-order valence-corrected chi connectivity index (χ1v) is 14.4. The number of alkyl halides is 3. The number of rotatable bonds is 9. The van der Waals surface area contributed by atoms with Gasteiger partial charge in [0, 0.05) is 0 Å². The van der Waals surface area contributed by atoms with Crippen molar-refractivity contribution in [2.24, 2.45) is 0 Å². The number of esters is 3. The third kappa shape index (κ3) is 8.59. The molecule has 0 radical (unpaired) electrons. The Hall–Kier alpha value is -4.00. The van der Waals surface area contributed by atoms with Gasteiger partial charge in [-0.1, -0.05) is 89.4 Å². The van der Waals surface area contributed by atoms with Crippen LogP contribution in [0.3, 0.4) is 0 Å². The van der Waals surface area contributed by atoms with E-state index >= 15 is 0 Å². The molecule has 0 saturated carbocycles. The third-order valence-electron chi connectivity index (χ3n) is 6.51.